The fourth-order valence-corrected chi connectivity index (χ4v) is 2.32. The first-order valence-corrected chi connectivity index (χ1v) is 6.66. The standard InChI is InChI=1S/C14H18ClN3/c1-3-6-12-17-13(14(16)18(12)4-2)10-7-5-8-11(15)9-10/h5,7-9H,3-4,6,16H2,1-2H3. The van der Waals surface area contributed by atoms with Crippen LogP contribution in [0.3, 0.4) is 0 Å². The zero-order chi connectivity index (χ0) is 13.1. The second-order valence-electron chi connectivity index (χ2n) is 4.27. The Morgan fingerprint density at radius 3 is 2.72 bits per heavy atom. The Morgan fingerprint density at radius 2 is 2.11 bits per heavy atom. The summed E-state index contributed by atoms with van der Waals surface area (Å²) in [4.78, 5) is 4.66. The van der Waals surface area contributed by atoms with Crippen LogP contribution in [-0.2, 0) is 13.0 Å². The molecule has 3 nitrogen and oxygen atoms in total. The molecule has 0 spiro atoms. The summed E-state index contributed by atoms with van der Waals surface area (Å²) in [6.07, 6.45) is 2.00. The molecule has 18 heavy (non-hydrogen) atoms. The number of halogens is 1. The maximum absolute atomic E-state index is 6.18. The molecule has 2 N–H and O–H groups in total. The average molecular weight is 264 g/mol. The molecule has 0 amide bonds. The van der Waals surface area contributed by atoms with Crippen molar-refractivity contribution in [3.8, 4) is 11.3 Å². The summed E-state index contributed by atoms with van der Waals surface area (Å²) >= 11 is 6.01. The minimum absolute atomic E-state index is 0.704. The topological polar surface area (TPSA) is 43.8 Å². The van der Waals surface area contributed by atoms with E-state index in [1.54, 1.807) is 0 Å². The molecular formula is C14H18ClN3. The zero-order valence-corrected chi connectivity index (χ0v) is 11.5. The van der Waals surface area contributed by atoms with Crippen LogP contribution in [0.4, 0.5) is 5.82 Å². The van der Waals surface area contributed by atoms with Crippen molar-refractivity contribution in [2.75, 3.05) is 5.73 Å². The highest BCUT2D eigenvalue weighted by Gasteiger charge is 2.14. The normalized spacial score (nSPS) is 10.8. The number of nitrogen functional groups attached to an aromatic ring is 1. The fourth-order valence-electron chi connectivity index (χ4n) is 2.13. The van der Waals surface area contributed by atoms with E-state index in [0.717, 1.165) is 42.3 Å². The van der Waals surface area contributed by atoms with Gasteiger partial charge in [-0.2, -0.15) is 0 Å². The monoisotopic (exact) mass is 263 g/mol. The van der Waals surface area contributed by atoms with Crippen molar-refractivity contribution in [1.82, 2.24) is 9.55 Å². The summed E-state index contributed by atoms with van der Waals surface area (Å²) < 4.78 is 2.07. The smallest absolute Gasteiger partial charge is 0.131 e. The van der Waals surface area contributed by atoms with Crippen molar-refractivity contribution in [3.05, 3.63) is 35.1 Å². The maximum atomic E-state index is 6.18. The van der Waals surface area contributed by atoms with Crippen molar-refractivity contribution >= 4 is 17.4 Å². The van der Waals surface area contributed by atoms with E-state index >= 15 is 0 Å². The third-order valence-corrected chi connectivity index (χ3v) is 3.21. The predicted octanol–water partition coefficient (Wildman–Crippen LogP) is 3.76. The van der Waals surface area contributed by atoms with Crippen LogP contribution in [0.1, 0.15) is 26.1 Å². The van der Waals surface area contributed by atoms with Gasteiger partial charge in [-0.25, -0.2) is 4.98 Å². The molecule has 1 heterocycles. The van der Waals surface area contributed by atoms with Crippen LogP contribution in [0.2, 0.25) is 5.02 Å². The number of benzene rings is 1. The Balaban J connectivity index is 2.51. The van der Waals surface area contributed by atoms with E-state index in [4.69, 9.17) is 17.3 Å². The van der Waals surface area contributed by atoms with Gasteiger partial charge in [0.05, 0.1) is 0 Å². The number of aryl methyl sites for hydroxylation is 1. The summed E-state index contributed by atoms with van der Waals surface area (Å²) in [6.45, 7) is 5.07. The van der Waals surface area contributed by atoms with Crippen molar-refractivity contribution in [1.29, 1.82) is 0 Å². The average Bonchev–Trinajstić information content (AvgIpc) is 2.66. The van der Waals surface area contributed by atoms with Gasteiger partial charge in [-0.3, -0.25) is 0 Å². The van der Waals surface area contributed by atoms with Crippen LogP contribution in [0, 0.1) is 0 Å². The lowest BCUT2D eigenvalue weighted by molar-refractivity contribution is 0.690. The number of anilines is 1. The molecule has 4 heteroatoms. The van der Waals surface area contributed by atoms with E-state index in [2.05, 4.69) is 23.4 Å². The third-order valence-electron chi connectivity index (χ3n) is 2.97. The molecule has 0 unspecified atom stereocenters. The van der Waals surface area contributed by atoms with E-state index < -0.39 is 0 Å². The first-order valence-electron chi connectivity index (χ1n) is 6.28. The molecule has 0 saturated carbocycles. The van der Waals surface area contributed by atoms with E-state index in [-0.39, 0.29) is 0 Å². The van der Waals surface area contributed by atoms with E-state index in [9.17, 15) is 0 Å². The SMILES string of the molecule is CCCc1nc(-c2cccc(Cl)c2)c(N)n1CC. The second kappa shape index (κ2) is 5.44. The molecule has 0 fully saturated rings. The van der Waals surface area contributed by atoms with Crippen molar-refractivity contribution < 1.29 is 0 Å². The van der Waals surface area contributed by atoms with Crippen LogP contribution in [0.15, 0.2) is 24.3 Å². The van der Waals surface area contributed by atoms with Gasteiger partial charge in [0.2, 0.25) is 0 Å². The number of rotatable bonds is 4. The minimum atomic E-state index is 0.704. The molecule has 2 rings (SSSR count). The minimum Gasteiger partial charge on any atom is -0.383 e. The van der Waals surface area contributed by atoms with Crippen LogP contribution in [-0.4, -0.2) is 9.55 Å². The Hall–Kier alpha value is -1.48. The van der Waals surface area contributed by atoms with E-state index in [1.165, 1.54) is 0 Å². The van der Waals surface area contributed by atoms with Gasteiger partial charge in [-0.15, -0.1) is 0 Å². The molecule has 0 aliphatic heterocycles. The highest BCUT2D eigenvalue weighted by molar-refractivity contribution is 6.30. The summed E-state index contributed by atoms with van der Waals surface area (Å²) in [7, 11) is 0. The number of imidazole rings is 1. The van der Waals surface area contributed by atoms with Crippen LogP contribution in [0.5, 0.6) is 0 Å². The van der Waals surface area contributed by atoms with Crippen LogP contribution < -0.4 is 5.73 Å². The summed E-state index contributed by atoms with van der Waals surface area (Å²) in [6, 6.07) is 7.66. The number of hydrogen-bond acceptors (Lipinski definition) is 2. The molecular weight excluding hydrogens is 246 g/mol. The van der Waals surface area contributed by atoms with Crippen molar-refractivity contribution in [2.45, 2.75) is 33.2 Å². The Morgan fingerprint density at radius 1 is 1.33 bits per heavy atom. The van der Waals surface area contributed by atoms with Gasteiger partial charge < -0.3 is 10.3 Å². The van der Waals surface area contributed by atoms with Crippen LogP contribution >= 0.6 is 11.6 Å². The van der Waals surface area contributed by atoms with Gasteiger partial charge in [0.1, 0.15) is 17.3 Å². The Kier molecular flexibility index (Phi) is 3.92. The van der Waals surface area contributed by atoms with Gasteiger partial charge in [-0.1, -0.05) is 30.7 Å². The molecule has 1 aromatic heterocycles. The van der Waals surface area contributed by atoms with Gasteiger partial charge >= 0.3 is 0 Å². The third kappa shape index (κ3) is 2.36. The summed E-state index contributed by atoms with van der Waals surface area (Å²) in [5, 5.41) is 0.704. The molecule has 0 aliphatic carbocycles. The number of aromatic nitrogens is 2. The van der Waals surface area contributed by atoms with Gasteiger partial charge in [0.15, 0.2) is 0 Å². The van der Waals surface area contributed by atoms with Crippen LogP contribution in [0.25, 0.3) is 11.3 Å². The summed E-state index contributed by atoms with van der Waals surface area (Å²) in [5.74, 6) is 1.77. The highest BCUT2D eigenvalue weighted by atomic mass is 35.5. The fraction of sp³-hybridized carbons (Fsp3) is 0.357. The second-order valence-corrected chi connectivity index (χ2v) is 4.70. The number of nitrogens with zero attached hydrogens (tertiary/aromatic N) is 2. The zero-order valence-electron chi connectivity index (χ0n) is 10.8. The number of nitrogens with two attached hydrogens (primary N) is 1. The predicted molar refractivity (Wildman–Crippen MR) is 76.8 cm³/mol. The van der Waals surface area contributed by atoms with Gasteiger partial charge in [0.25, 0.3) is 0 Å². The quantitative estimate of drug-likeness (QED) is 0.913. The van der Waals surface area contributed by atoms with Crippen molar-refractivity contribution in [2.24, 2.45) is 0 Å². The van der Waals surface area contributed by atoms with Gasteiger partial charge in [-0.05, 0) is 25.5 Å². The number of hydrogen-bond donors (Lipinski definition) is 1. The Labute approximate surface area is 113 Å². The van der Waals surface area contributed by atoms with E-state index in [0.29, 0.717) is 5.02 Å². The van der Waals surface area contributed by atoms with Crippen molar-refractivity contribution in [3.63, 3.8) is 0 Å². The molecule has 0 saturated heterocycles. The molecule has 0 atom stereocenters. The maximum Gasteiger partial charge on any atom is 0.131 e. The largest absolute Gasteiger partial charge is 0.383 e. The van der Waals surface area contributed by atoms with E-state index in [1.807, 2.05) is 24.3 Å². The molecule has 0 aliphatic rings. The first-order chi connectivity index (χ1) is 8.67. The summed E-state index contributed by atoms with van der Waals surface area (Å²) in [5.41, 5.74) is 8.00. The molecule has 0 radical (unpaired) electrons. The lowest BCUT2D eigenvalue weighted by Gasteiger charge is -2.05. The molecule has 0 bridgehead atoms. The lowest BCUT2D eigenvalue weighted by atomic mass is 10.1. The molecule has 2 aromatic rings. The lowest BCUT2D eigenvalue weighted by Crippen LogP contribution is -2.05. The van der Waals surface area contributed by atoms with Gasteiger partial charge in [0, 0.05) is 23.6 Å². The first kappa shape index (κ1) is 13.0. The highest BCUT2D eigenvalue weighted by Crippen LogP contribution is 2.28. The molecule has 1 aromatic carbocycles. The molecule has 96 valence electrons. The Bertz CT molecular complexity index is 546.